The molecule has 2 aliphatic rings. The van der Waals surface area contributed by atoms with Gasteiger partial charge in [0.25, 0.3) is 0 Å². The lowest BCUT2D eigenvalue weighted by atomic mass is 9.93. The smallest absolute Gasteiger partial charge is 0.319 e. The average molecular weight is 511 g/mol. The monoisotopic (exact) mass is 510 g/mol. The molecule has 1 saturated carbocycles. The zero-order valence-electron chi connectivity index (χ0n) is 22.7. The van der Waals surface area contributed by atoms with Gasteiger partial charge in [-0.05, 0) is 55.0 Å². The summed E-state index contributed by atoms with van der Waals surface area (Å²) in [4.78, 5) is 17.9. The Morgan fingerprint density at radius 3 is 2.16 bits per heavy atom. The maximum absolute atomic E-state index is 12.6. The van der Waals surface area contributed by atoms with Crippen molar-refractivity contribution in [3.05, 3.63) is 90.0 Å². The van der Waals surface area contributed by atoms with Crippen molar-refractivity contribution in [1.29, 1.82) is 0 Å². The minimum absolute atomic E-state index is 0.144. The summed E-state index contributed by atoms with van der Waals surface area (Å²) in [5.41, 5.74) is 5.81. The Bertz CT molecular complexity index is 1130. The lowest BCUT2D eigenvalue weighted by Gasteiger charge is -2.43. The normalized spacial score (nSPS) is 18.1. The minimum atomic E-state index is -0.144. The van der Waals surface area contributed by atoms with E-state index in [0.717, 1.165) is 44.3 Å². The highest BCUT2D eigenvalue weighted by molar-refractivity contribution is 5.89. The predicted molar refractivity (Wildman–Crippen MR) is 157 cm³/mol. The van der Waals surface area contributed by atoms with Crippen LogP contribution >= 0.6 is 0 Å². The lowest BCUT2D eigenvalue weighted by Crippen LogP contribution is -2.51. The maximum Gasteiger partial charge on any atom is 0.319 e. The molecular formula is C33H42N4O. The molecule has 1 aliphatic heterocycles. The third-order valence-corrected chi connectivity index (χ3v) is 8.30. The Hall–Kier alpha value is -3.15. The van der Waals surface area contributed by atoms with Crippen LogP contribution in [0.5, 0.6) is 0 Å². The highest BCUT2D eigenvalue weighted by atomic mass is 16.2. The number of hydrogen-bond donors (Lipinski definition) is 2. The highest BCUT2D eigenvalue weighted by Gasteiger charge is 2.29. The Morgan fingerprint density at radius 2 is 1.47 bits per heavy atom. The van der Waals surface area contributed by atoms with Gasteiger partial charge in [-0.3, -0.25) is 9.80 Å². The molecule has 5 heteroatoms. The van der Waals surface area contributed by atoms with Crippen molar-refractivity contribution in [3.63, 3.8) is 0 Å². The molecule has 2 fully saturated rings. The van der Waals surface area contributed by atoms with Crippen molar-refractivity contribution in [2.45, 2.75) is 57.5 Å². The van der Waals surface area contributed by atoms with Crippen LogP contribution in [0.4, 0.5) is 10.5 Å². The van der Waals surface area contributed by atoms with Gasteiger partial charge in [0.15, 0.2) is 0 Å². The van der Waals surface area contributed by atoms with Crippen molar-refractivity contribution < 1.29 is 4.79 Å². The van der Waals surface area contributed by atoms with E-state index in [9.17, 15) is 4.79 Å². The number of rotatable bonds is 8. The van der Waals surface area contributed by atoms with Crippen LogP contribution in [-0.2, 0) is 0 Å². The summed E-state index contributed by atoms with van der Waals surface area (Å²) in [5, 5.41) is 6.06. The molecule has 0 radical (unpaired) electrons. The molecule has 200 valence electrons. The molecule has 5 nitrogen and oxygen atoms in total. The summed E-state index contributed by atoms with van der Waals surface area (Å²) in [5.74, 6) is 0. The van der Waals surface area contributed by atoms with E-state index in [1.807, 2.05) is 31.2 Å². The van der Waals surface area contributed by atoms with Crippen LogP contribution in [0.25, 0.3) is 11.1 Å². The molecule has 1 unspecified atom stereocenters. The van der Waals surface area contributed by atoms with Crippen LogP contribution in [0.3, 0.4) is 0 Å². The summed E-state index contributed by atoms with van der Waals surface area (Å²) < 4.78 is 0. The summed E-state index contributed by atoms with van der Waals surface area (Å²) in [6.45, 7) is 7.13. The van der Waals surface area contributed by atoms with E-state index in [4.69, 9.17) is 0 Å². The maximum atomic E-state index is 12.6. The van der Waals surface area contributed by atoms with Gasteiger partial charge < -0.3 is 10.6 Å². The zero-order chi connectivity index (χ0) is 26.2. The van der Waals surface area contributed by atoms with E-state index in [1.165, 1.54) is 54.4 Å². The number of nitrogens with zero attached hydrogens (tertiary/aromatic N) is 2. The first-order valence-electron chi connectivity index (χ1n) is 14.4. The van der Waals surface area contributed by atoms with Crippen LogP contribution < -0.4 is 10.6 Å². The van der Waals surface area contributed by atoms with E-state index in [1.54, 1.807) is 0 Å². The number of hydrogen-bond acceptors (Lipinski definition) is 3. The van der Waals surface area contributed by atoms with E-state index in [2.05, 4.69) is 75.0 Å². The van der Waals surface area contributed by atoms with Crippen LogP contribution in [0.2, 0.25) is 0 Å². The molecule has 1 saturated heterocycles. The Balaban J connectivity index is 1.23. The average Bonchev–Trinajstić information content (AvgIpc) is 2.98. The molecule has 5 rings (SSSR count). The fourth-order valence-electron chi connectivity index (χ4n) is 6.08. The molecule has 2 amide bonds. The lowest BCUT2D eigenvalue weighted by molar-refractivity contribution is 0.0540. The standard InChI is InChI=1S/C33H42N4O/c1-26-12-18-30(19-13-26)35-33(38)34-21-20-32(29-16-14-28(15-17-29)27-8-4-2-5-9-27)37-24-22-36(23-25-37)31-10-6-3-7-11-31/h2,4-5,8-9,12-19,31-32H,3,6-7,10-11,20-25H2,1H3,(H2,34,35,38). The number of carbonyl (C=O) groups is 1. The van der Waals surface area contributed by atoms with Crippen LogP contribution in [0.1, 0.15) is 55.7 Å². The summed E-state index contributed by atoms with van der Waals surface area (Å²) >= 11 is 0. The number of piperazine rings is 1. The molecule has 3 aromatic rings. The molecule has 1 heterocycles. The van der Waals surface area contributed by atoms with Gasteiger partial charge in [0.05, 0.1) is 0 Å². The van der Waals surface area contributed by atoms with Gasteiger partial charge in [-0.25, -0.2) is 4.79 Å². The fraction of sp³-hybridized carbons (Fsp3) is 0.424. The quantitative estimate of drug-likeness (QED) is 0.348. The predicted octanol–water partition coefficient (Wildman–Crippen LogP) is 6.87. The SMILES string of the molecule is Cc1ccc(NC(=O)NCCC(c2ccc(-c3ccccc3)cc2)N2CCN(C3CCCCC3)CC2)cc1. The number of aryl methyl sites for hydroxylation is 1. The van der Waals surface area contributed by atoms with Crippen LogP contribution in [0.15, 0.2) is 78.9 Å². The number of benzene rings is 3. The van der Waals surface area contributed by atoms with Crippen molar-refractivity contribution in [2.75, 3.05) is 38.0 Å². The zero-order valence-corrected chi connectivity index (χ0v) is 22.7. The highest BCUT2D eigenvalue weighted by Crippen LogP contribution is 2.30. The second-order valence-electron chi connectivity index (χ2n) is 10.9. The molecule has 0 bridgehead atoms. The molecule has 38 heavy (non-hydrogen) atoms. The van der Waals surface area contributed by atoms with Crippen molar-refractivity contribution in [2.24, 2.45) is 0 Å². The molecule has 3 aromatic carbocycles. The fourth-order valence-corrected chi connectivity index (χ4v) is 6.08. The number of nitrogens with one attached hydrogen (secondary N) is 2. The van der Waals surface area contributed by atoms with Gasteiger partial charge in [0, 0.05) is 50.5 Å². The second-order valence-corrected chi connectivity index (χ2v) is 10.9. The molecule has 2 N–H and O–H groups in total. The van der Waals surface area contributed by atoms with Crippen LogP contribution in [-0.4, -0.2) is 54.6 Å². The Kier molecular flexibility index (Phi) is 9.11. The van der Waals surface area contributed by atoms with E-state index < -0.39 is 0 Å². The molecular weight excluding hydrogens is 468 g/mol. The Morgan fingerprint density at radius 1 is 0.816 bits per heavy atom. The van der Waals surface area contributed by atoms with E-state index in [-0.39, 0.29) is 12.1 Å². The van der Waals surface area contributed by atoms with Gasteiger partial charge in [-0.15, -0.1) is 0 Å². The van der Waals surface area contributed by atoms with Crippen molar-refractivity contribution >= 4 is 11.7 Å². The third-order valence-electron chi connectivity index (χ3n) is 8.30. The number of urea groups is 1. The molecule has 1 atom stereocenters. The largest absolute Gasteiger partial charge is 0.338 e. The topological polar surface area (TPSA) is 47.6 Å². The summed E-state index contributed by atoms with van der Waals surface area (Å²) in [6.07, 6.45) is 7.79. The van der Waals surface area contributed by atoms with E-state index in [0.29, 0.717) is 6.54 Å². The van der Waals surface area contributed by atoms with Crippen LogP contribution in [0, 0.1) is 6.92 Å². The molecule has 1 aliphatic carbocycles. The molecule has 0 spiro atoms. The van der Waals surface area contributed by atoms with Gasteiger partial charge in [-0.2, -0.15) is 0 Å². The summed E-state index contributed by atoms with van der Waals surface area (Å²) in [7, 11) is 0. The number of anilines is 1. The van der Waals surface area contributed by atoms with Gasteiger partial charge in [-0.1, -0.05) is 91.6 Å². The van der Waals surface area contributed by atoms with E-state index >= 15 is 0 Å². The first-order valence-corrected chi connectivity index (χ1v) is 14.4. The second kappa shape index (κ2) is 13.1. The first kappa shape index (κ1) is 26.5. The molecule has 0 aromatic heterocycles. The summed E-state index contributed by atoms with van der Waals surface area (Å²) in [6, 6.07) is 28.4. The number of amides is 2. The van der Waals surface area contributed by atoms with Crippen molar-refractivity contribution in [3.8, 4) is 11.1 Å². The van der Waals surface area contributed by atoms with Gasteiger partial charge >= 0.3 is 6.03 Å². The minimum Gasteiger partial charge on any atom is -0.338 e. The first-order chi connectivity index (χ1) is 18.7. The number of carbonyl (C=O) groups excluding carboxylic acids is 1. The van der Waals surface area contributed by atoms with Crippen molar-refractivity contribution in [1.82, 2.24) is 15.1 Å². The third kappa shape index (κ3) is 7.03. The van der Waals surface area contributed by atoms with Gasteiger partial charge in [0.2, 0.25) is 0 Å². The Labute approximate surface area is 228 Å². The van der Waals surface area contributed by atoms with Gasteiger partial charge in [0.1, 0.15) is 0 Å².